The predicted molar refractivity (Wildman–Crippen MR) is 66.8 cm³/mol. The van der Waals surface area contributed by atoms with Gasteiger partial charge in [0, 0.05) is 0 Å². The third-order valence-electron chi connectivity index (χ3n) is 2.12. The van der Waals surface area contributed by atoms with E-state index in [1.807, 2.05) is 0 Å². The van der Waals surface area contributed by atoms with Gasteiger partial charge in [-0.05, 0) is 30.2 Å². The minimum Gasteiger partial charge on any atom is -0.303 e. The zero-order valence-electron chi connectivity index (χ0n) is 9.11. The van der Waals surface area contributed by atoms with Crippen LogP contribution in [0.2, 0.25) is 0 Å². The monoisotopic (exact) mass is 251 g/mol. The van der Waals surface area contributed by atoms with E-state index in [2.05, 4.69) is 15.5 Å². The molecule has 1 aliphatic rings. The van der Waals surface area contributed by atoms with Gasteiger partial charge >= 0.3 is 0 Å². The smallest absolute Gasteiger partial charge is 0.236 e. The van der Waals surface area contributed by atoms with Crippen LogP contribution in [0.25, 0.3) is 0 Å². The lowest BCUT2D eigenvalue weighted by molar-refractivity contribution is -0.116. The molecule has 6 heteroatoms. The van der Waals surface area contributed by atoms with E-state index >= 15 is 0 Å². The summed E-state index contributed by atoms with van der Waals surface area (Å²) in [6.45, 7) is 1.69. The van der Waals surface area contributed by atoms with Crippen LogP contribution in [0, 0.1) is 12.7 Å². The van der Waals surface area contributed by atoms with Gasteiger partial charge in [-0.2, -0.15) is 5.10 Å². The SMILES string of the molecule is Cc1cc(C=NN=C2NC(=O)CS2)ccc1F. The van der Waals surface area contributed by atoms with E-state index in [1.54, 1.807) is 19.1 Å². The van der Waals surface area contributed by atoms with Gasteiger partial charge in [-0.3, -0.25) is 4.79 Å². The Kier molecular flexibility index (Phi) is 3.53. The van der Waals surface area contributed by atoms with Crippen molar-refractivity contribution in [3.8, 4) is 0 Å². The van der Waals surface area contributed by atoms with Crippen LogP contribution in [-0.4, -0.2) is 23.0 Å². The lowest BCUT2D eigenvalue weighted by atomic mass is 10.1. The Balaban J connectivity index is 2.05. The highest BCUT2D eigenvalue weighted by atomic mass is 32.2. The summed E-state index contributed by atoms with van der Waals surface area (Å²) in [5, 5.41) is 10.7. The fraction of sp³-hybridized carbons (Fsp3) is 0.182. The average Bonchev–Trinajstić information content (AvgIpc) is 2.70. The van der Waals surface area contributed by atoms with Gasteiger partial charge in [-0.15, -0.1) is 5.10 Å². The molecule has 17 heavy (non-hydrogen) atoms. The second kappa shape index (κ2) is 5.09. The molecule has 88 valence electrons. The van der Waals surface area contributed by atoms with Gasteiger partial charge in [0.25, 0.3) is 0 Å². The minimum absolute atomic E-state index is 0.0680. The number of hydrogen-bond donors (Lipinski definition) is 1. The maximum Gasteiger partial charge on any atom is 0.236 e. The second-order valence-corrected chi connectivity index (χ2v) is 4.46. The molecule has 2 rings (SSSR count). The average molecular weight is 251 g/mol. The first-order valence-electron chi connectivity index (χ1n) is 4.95. The van der Waals surface area contributed by atoms with Crippen LogP contribution in [0.5, 0.6) is 0 Å². The van der Waals surface area contributed by atoms with Gasteiger partial charge in [0.2, 0.25) is 5.91 Å². The number of hydrogen-bond acceptors (Lipinski definition) is 4. The molecule has 1 heterocycles. The number of nitrogens with zero attached hydrogens (tertiary/aromatic N) is 2. The number of carbonyl (C=O) groups excluding carboxylic acids is 1. The molecule has 1 saturated heterocycles. The first kappa shape index (κ1) is 11.8. The zero-order chi connectivity index (χ0) is 12.3. The highest BCUT2D eigenvalue weighted by Crippen LogP contribution is 2.09. The van der Waals surface area contributed by atoms with Crippen LogP contribution in [0.3, 0.4) is 0 Å². The Labute approximate surface area is 102 Å². The lowest BCUT2D eigenvalue weighted by Crippen LogP contribution is -2.19. The van der Waals surface area contributed by atoms with Crippen LogP contribution in [0.4, 0.5) is 4.39 Å². The molecule has 0 saturated carbocycles. The summed E-state index contributed by atoms with van der Waals surface area (Å²) in [7, 11) is 0. The van der Waals surface area contributed by atoms with Crippen LogP contribution in [-0.2, 0) is 4.79 Å². The van der Waals surface area contributed by atoms with Gasteiger partial charge in [0.1, 0.15) is 5.82 Å². The summed E-state index contributed by atoms with van der Waals surface area (Å²) in [4.78, 5) is 10.9. The number of carbonyl (C=O) groups is 1. The van der Waals surface area contributed by atoms with Gasteiger partial charge in [-0.1, -0.05) is 17.8 Å². The van der Waals surface area contributed by atoms with E-state index in [-0.39, 0.29) is 11.7 Å². The number of thioether (sulfide) groups is 1. The first-order chi connectivity index (χ1) is 8.15. The molecular formula is C11H10FN3OS. The molecule has 1 fully saturated rings. The predicted octanol–water partition coefficient (Wildman–Crippen LogP) is 1.69. The van der Waals surface area contributed by atoms with Crippen molar-refractivity contribution in [3.63, 3.8) is 0 Å². The molecule has 0 spiro atoms. The van der Waals surface area contributed by atoms with Gasteiger partial charge in [0.05, 0.1) is 12.0 Å². The lowest BCUT2D eigenvalue weighted by Gasteiger charge is -1.96. The van der Waals surface area contributed by atoms with Gasteiger partial charge < -0.3 is 5.32 Å². The van der Waals surface area contributed by atoms with Crippen molar-refractivity contribution < 1.29 is 9.18 Å². The van der Waals surface area contributed by atoms with Crippen molar-refractivity contribution >= 4 is 29.1 Å². The van der Waals surface area contributed by atoms with E-state index in [0.717, 1.165) is 5.56 Å². The maximum absolute atomic E-state index is 13.0. The number of halogens is 1. The maximum atomic E-state index is 13.0. The molecule has 1 N–H and O–H groups in total. The summed E-state index contributed by atoms with van der Waals surface area (Å²) in [6.07, 6.45) is 1.52. The Morgan fingerprint density at radius 2 is 2.35 bits per heavy atom. The number of rotatable bonds is 2. The quantitative estimate of drug-likeness (QED) is 0.642. The number of aryl methyl sites for hydroxylation is 1. The molecule has 0 atom stereocenters. The fourth-order valence-electron chi connectivity index (χ4n) is 1.28. The van der Waals surface area contributed by atoms with Crippen molar-refractivity contribution in [2.75, 3.05) is 5.75 Å². The standard InChI is InChI=1S/C11H10FN3OS/c1-7-4-8(2-3-9(7)12)5-13-15-11-14-10(16)6-17-11/h2-5H,6H2,1H3,(H,14,15,16). The van der Waals surface area contributed by atoms with Crippen LogP contribution >= 0.6 is 11.8 Å². The molecule has 1 aliphatic heterocycles. The molecule has 1 aromatic rings. The summed E-state index contributed by atoms with van der Waals surface area (Å²) < 4.78 is 13.0. The van der Waals surface area contributed by atoms with E-state index in [4.69, 9.17) is 0 Å². The van der Waals surface area contributed by atoms with Crippen molar-refractivity contribution in [2.24, 2.45) is 10.2 Å². The molecule has 0 bridgehead atoms. The Bertz CT molecular complexity index is 513. The second-order valence-electron chi connectivity index (χ2n) is 3.50. The largest absolute Gasteiger partial charge is 0.303 e. The Morgan fingerprint density at radius 1 is 1.53 bits per heavy atom. The highest BCUT2D eigenvalue weighted by molar-refractivity contribution is 8.15. The van der Waals surface area contributed by atoms with Crippen molar-refractivity contribution in [3.05, 3.63) is 35.1 Å². The number of amidine groups is 1. The summed E-state index contributed by atoms with van der Waals surface area (Å²) in [6, 6.07) is 4.68. The molecular weight excluding hydrogens is 241 g/mol. The first-order valence-corrected chi connectivity index (χ1v) is 5.93. The van der Waals surface area contributed by atoms with Crippen molar-refractivity contribution in [2.45, 2.75) is 6.92 Å². The topological polar surface area (TPSA) is 53.8 Å². The molecule has 0 aromatic heterocycles. The Hall–Kier alpha value is -1.69. The molecule has 1 aromatic carbocycles. The zero-order valence-corrected chi connectivity index (χ0v) is 9.92. The highest BCUT2D eigenvalue weighted by Gasteiger charge is 2.15. The number of nitrogens with one attached hydrogen (secondary N) is 1. The van der Waals surface area contributed by atoms with Crippen LogP contribution in [0.15, 0.2) is 28.4 Å². The summed E-state index contributed by atoms with van der Waals surface area (Å²) in [5.41, 5.74) is 1.33. The van der Waals surface area contributed by atoms with Crippen molar-refractivity contribution in [1.82, 2.24) is 5.32 Å². The summed E-state index contributed by atoms with van der Waals surface area (Å²) in [5.74, 6) is 0.0675. The van der Waals surface area contributed by atoms with Gasteiger partial charge in [0.15, 0.2) is 5.17 Å². The minimum atomic E-state index is -0.243. The van der Waals surface area contributed by atoms with E-state index in [9.17, 15) is 9.18 Å². The van der Waals surface area contributed by atoms with Crippen LogP contribution in [0.1, 0.15) is 11.1 Å². The number of amides is 1. The molecule has 1 amide bonds. The molecule has 0 aliphatic carbocycles. The fourth-order valence-corrected chi connectivity index (χ4v) is 1.91. The van der Waals surface area contributed by atoms with E-state index in [0.29, 0.717) is 16.5 Å². The van der Waals surface area contributed by atoms with Gasteiger partial charge in [-0.25, -0.2) is 4.39 Å². The van der Waals surface area contributed by atoms with Crippen LogP contribution < -0.4 is 5.32 Å². The molecule has 4 nitrogen and oxygen atoms in total. The third kappa shape index (κ3) is 3.13. The molecule has 0 unspecified atom stereocenters. The normalized spacial score (nSPS) is 18.0. The van der Waals surface area contributed by atoms with E-state index < -0.39 is 0 Å². The third-order valence-corrected chi connectivity index (χ3v) is 2.99. The molecule has 0 radical (unpaired) electrons. The summed E-state index contributed by atoms with van der Waals surface area (Å²) >= 11 is 1.31. The Morgan fingerprint density at radius 3 is 3.00 bits per heavy atom. The van der Waals surface area contributed by atoms with E-state index in [1.165, 1.54) is 24.0 Å². The van der Waals surface area contributed by atoms with Crippen molar-refractivity contribution in [1.29, 1.82) is 0 Å². The number of benzene rings is 1.